The first kappa shape index (κ1) is 103. The predicted octanol–water partition coefficient (Wildman–Crippen LogP) is 14.9. The third-order valence-electron chi connectivity index (χ3n) is 20.2. The monoisotopic (exact) mass is 1770 g/mol. The van der Waals surface area contributed by atoms with Gasteiger partial charge in [0, 0.05) is 79.1 Å². The van der Waals surface area contributed by atoms with Crippen molar-refractivity contribution in [2.75, 3.05) is 158 Å². The van der Waals surface area contributed by atoms with Gasteiger partial charge in [-0.15, -0.1) is 0 Å². The van der Waals surface area contributed by atoms with Crippen molar-refractivity contribution in [2.45, 2.75) is 174 Å². The minimum Gasteiger partial charge on any atom is -0.491 e. The zero-order valence-electron chi connectivity index (χ0n) is 75.4. The minimum absolute atomic E-state index is 0.0318. The highest BCUT2D eigenvalue weighted by Gasteiger charge is 2.39. The number of aliphatic hydroxyl groups is 2. The lowest BCUT2D eigenvalue weighted by Gasteiger charge is -2.41. The summed E-state index contributed by atoms with van der Waals surface area (Å²) in [5.74, 6) is -2.17. The molecule has 1 aliphatic rings. The molecule has 0 unspecified atom stereocenters. The van der Waals surface area contributed by atoms with Gasteiger partial charge >= 0.3 is 11.9 Å². The van der Waals surface area contributed by atoms with Crippen LogP contribution < -0.4 is 20.9 Å². The summed E-state index contributed by atoms with van der Waals surface area (Å²) in [5.41, 5.74) is 20.8. The fourth-order valence-electron chi connectivity index (χ4n) is 15.0. The van der Waals surface area contributed by atoms with Crippen LogP contribution in [0.5, 0.6) is 11.5 Å². The number of halogens is 2. The van der Waals surface area contributed by atoms with Gasteiger partial charge in [0.25, 0.3) is 0 Å². The van der Waals surface area contributed by atoms with Gasteiger partial charge < -0.3 is 107 Å². The molecule has 7 N–H and O–H groups in total. The Balaban J connectivity index is 0.000000316. The van der Waals surface area contributed by atoms with E-state index >= 15 is 0 Å². The zero-order chi connectivity index (χ0) is 91.4. The Morgan fingerprint density at radius 2 is 0.803 bits per heavy atom. The third kappa shape index (κ3) is 36.5. The maximum atomic E-state index is 14.9. The summed E-state index contributed by atoms with van der Waals surface area (Å²) in [6.45, 7) is 29.3. The second kappa shape index (κ2) is 55.8. The van der Waals surface area contributed by atoms with Crippen molar-refractivity contribution in [2.24, 2.45) is 11.5 Å². The Bertz CT molecular complexity index is 4480. The molecule has 0 aliphatic carbocycles. The summed E-state index contributed by atoms with van der Waals surface area (Å²) < 4.78 is 118. The number of aliphatic hydroxyl groups excluding tert-OH is 2. The molecule has 1 fully saturated rings. The summed E-state index contributed by atoms with van der Waals surface area (Å²) in [5, 5.41) is 30.2. The molecule has 1 saturated heterocycles. The number of hydrogen-bond donors (Lipinski definition) is 5. The normalized spacial score (nSPS) is 14.4. The van der Waals surface area contributed by atoms with Gasteiger partial charge in [-0.1, -0.05) is 113 Å². The van der Waals surface area contributed by atoms with E-state index in [0.29, 0.717) is 217 Å². The van der Waals surface area contributed by atoms with Crippen LogP contribution in [0, 0.1) is 11.6 Å². The van der Waals surface area contributed by atoms with E-state index in [-0.39, 0.29) is 79.9 Å². The van der Waals surface area contributed by atoms with Crippen molar-refractivity contribution in [3.05, 3.63) is 203 Å². The number of ketones is 2. The van der Waals surface area contributed by atoms with Gasteiger partial charge in [-0.2, -0.15) is 0 Å². The van der Waals surface area contributed by atoms with Crippen molar-refractivity contribution < 1.29 is 114 Å². The van der Waals surface area contributed by atoms with E-state index in [9.17, 15) is 38.2 Å². The lowest BCUT2D eigenvalue weighted by Crippen LogP contribution is -2.46. The largest absolute Gasteiger partial charge is 0.491 e. The molecule has 28 heteroatoms. The molecule has 127 heavy (non-hydrogen) atoms. The van der Waals surface area contributed by atoms with E-state index in [1.807, 2.05) is 162 Å². The fourth-order valence-corrected chi connectivity index (χ4v) is 15.0. The highest BCUT2D eigenvalue weighted by Crippen LogP contribution is 2.46. The van der Waals surface area contributed by atoms with Crippen molar-refractivity contribution in [3.8, 4) is 56.3 Å². The van der Waals surface area contributed by atoms with E-state index in [0.717, 1.165) is 50.5 Å². The minimum atomic E-state index is -1.21. The quantitative estimate of drug-likeness (QED) is 0.0134. The first-order valence-corrected chi connectivity index (χ1v) is 44.2. The lowest BCUT2D eigenvalue weighted by atomic mass is 9.90. The fraction of sp³-hybridized carbons (Fsp3) is 0.515. The van der Waals surface area contributed by atoms with E-state index in [1.54, 1.807) is 24.3 Å². The van der Waals surface area contributed by atoms with Crippen LogP contribution in [-0.2, 0) is 97.1 Å². The van der Waals surface area contributed by atoms with Crippen molar-refractivity contribution in [3.63, 3.8) is 0 Å². The van der Waals surface area contributed by atoms with Crippen LogP contribution in [0.15, 0.2) is 158 Å². The standard InChI is InChI=1S/C53H73FN2O11.C46H61FN2O11/c1-38(2)50-49(46(57)35-39-13-19-43(20-14-39)64-34-33-63-32-31-62-30-29-61-28-27-60-26-25-59-24-22-55)48(40-11-9-8-10-12-40)51(41-15-17-42(54)18-16-41)56(50)23-21-44-36-45(66-53(6,7)65-44)37-47(58)67-52(3,4)5;1-33(2)45-44(41(52)30-34-8-14-40(15-9-34)60-29-28-59-27-26-58-25-24-57-23-22-56-21-20-55-19-17-48)43(35-6-4-3-5-7-35)46(36-10-12-37(47)13-11-36)49(45)18-16-38(50)31-39(51)32-42(53)54/h8-20,38,44-45H,21-37,55H2,1-7H3;3-15,33,38-39,50-51H,16-32,48H2,1-2H3,(H,53,54)/t44-,45-;38-,39-/m11/s1. The van der Waals surface area contributed by atoms with Crippen molar-refractivity contribution >= 4 is 23.5 Å². The molecule has 3 heterocycles. The van der Waals surface area contributed by atoms with Crippen LogP contribution >= 0.6 is 0 Å². The Morgan fingerprint density at radius 3 is 1.15 bits per heavy atom. The van der Waals surface area contributed by atoms with Crippen LogP contribution in [0.25, 0.3) is 44.8 Å². The number of hydrogen-bond acceptors (Lipinski definition) is 23. The van der Waals surface area contributed by atoms with Gasteiger partial charge in [-0.05, 0) is 172 Å². The molecule has 0 amide bonds. The smallest absolute Gasteiger partial charge is 0.308 e. The number of carboxylic acids is 1. The summed E-state index contributed by atoms with van der Waals surface area (Å²) >= 11 is 0. The Hall–Kier alpha value is -9.02. The maximum absolute atomic E-state index is 14.9. The number of esters is 1. The maximum Gasteiger partial charge on any atom is 0.308 e. The summed E-state index contributed by atoms with van der Waals surface area (Å²) in [6, 6.07) is 47.0. The Kier molecular flexibility index (Phi) is 45.4. The number of carbonyl (C=O) groups is 4. The number of Topliss-reactive ketones (excluding diaryl/α,β-unsaturated/α-hetero) is 2. The Morgan fingerprint density at radius 1 is 0.457 bits per heavy atom. The molecule has 696 valence electrons. The molecule has 2 aromatic heterocycles. The molecule has 26 nitrogen and oxygen atoms in total. The number of nitrogens with two attached hydrogens (primary N) is 2. The summed E-state index contributed by atoms with van der Waals surface area (Å²) in [6.07, 6.45) is -1.83. The van der Waals surface area contributed by atoms with Crippen molar-refractivity contribution in [1.82, 2.24) is 9.13 Å². The van der Waals surface area contributed by atoms with Gasteiger partial charge in [-0.25, -0.2) is 8.78 Å². The van der Waals surface area contributed by atoms with Crippen LogP contribution in [0.2, 0.25) is 0 Å². The molecule has 8 aromatic rings. The third-order valence-corrected chi connectivity index (χ3v) is 20.2. The number of nitrogens with zero attached hydrogens (tertiary/aromatic N) is 2. The molecule has 0 bridgehead atoms. The predicted molar refractivity (Wildman–Crippen MR) is 482 cm³/mol. The topological polar surface area (TPSA) is 329 Å². The highest BCUT2D eigenvalue weighted by atomic mass is 19.1. The zero-order valence-corrected chi connectivity index (χ0v) is 75.4. The molecule has 4 atom stereocenters. The second-order valence-corrected chi connectivity index (χ2v) is 32.8. The number of aliphatic carboxylic acids is 1. The average Bonchev–Trinajstić information content (AvgIpc) is 1.59. The van der Waals surface area contributed by atoms with E-state index < -0.39 is 47.9 Å². The van der Waals surface area contributed by atoms with Gasteiger partial charge in [0.05, 0.1) is 181 Å². The first-order valence-electron chi connectivity index (χ1n) is 44.2. The molecular weight excluding hydrogens is 1640 g/mol. The number of ether oxygens (including phenoxy) is 15. The first-order chi connectivity index (χ1) is 61.2. The van der Waals surface area contributed by atoms with Gasteiger partial charge in [0.2, 0.25) is 0 Å². The number of benzene rings is 6. The SMILES string of the molecule is CC(C)c1c(C(=O)Cc2ccc(OCCOCCOCCOCCOCCOCCN)cc2)c(-c2ccccc2)c(-c2ccc(F)cc2)n1CC[C@@H](O)C[C@@H](O)CC(=O)O.CC(C)c1c(C(=O)Cc2ccc(OCCOCCOCCOCCOCCOCCN)cc2)c(-c2ccccc2)c(-c2ccc(F)cc2)n1CC[C@@H]1C[C@H](CC(=O)OC(C)(C)C)OC(C)(C)O1. The average molecular weight is 1770 g/mol. The number of carbonyl (C=O) groups excluding carboxylic acids is 3. The van der Waals surface area contributed by atoms with Gasteiger partial charge in [0.15, 0.2) is 17.4 Å². The molecule has 0 spiro atoms. The van der Waals surface area contributed by atoms with Crippen LogP contribution in [0.3, 0.4) is 0 Å². The van der Waals surface area contributed by atoms with Crippen LogP contribution in [0.4, 0.5) is 8.78 Å². The lowest BCUT2D eigenvalue weighted by molar-refractivity contribution is -0.301. The number of aromatic nitrogens is 2. The van der Waals surface area contributed by atoms with E-state index in [4.69, 9.17) is 87.6 Å². The number of rotatable bonds is 60. The van der Waals surface area contributed by atoms with E-state index in [2.05, 4.69) is 18.4 Å². The van der Waals surface area contributed by atoms with Gasteiger partial charge in [-0.3, -0.25) is 19.2 Å². The second-order valence-electron chi connectivity index (χ2n) is 32.8. The number of carboxylic acid groups (broad SMARTS) is 1. The van der Waals surface area contributed by atoms with E-state index in [1.165, 1.54) is 24.3 Å². The molecule has 9 rings (SSSR count). The molecule has 0 saturated carbocycles. The Labute approximate surface area is 746 Å². The molecular formula is C99H134F2N4O22. The van der Waals surface area contributed by atoms with Crippen LogP contribution in [-0.4, -0.2) is 242 Å². The van der Waals surface area contributed by atoms with Crippen molar-refractivity contribution in [1.29, 1.82) is 0 Å². The summed E-state index contributed by atoms with van der Waals surface area (Å²) in [7, 11) is 0. The molecule has 6 aromatic carbocycles. The molecule has 1 aliphatic heterocycles. The van der Waals surface area contributed by atoms with Crippen LogP contribution in [0.1, 0.15) is 156 Å². The summed E-state index contributed by atoms with van der Waals surface area (Å²) in [4.78, 5) is 53.5. The molecule has 0 radical (unpaired) electrons. The van der Waals surface area contributed by atoms with Gasteiger partial charge in [0.1, 0.15) is 41.9 Å². The highest BCUT2D eigenvalue weighted by molar-refractivity contribution is 6.09.